The maximum absolute atomic E-state index is 12.5. The number of unbranched alkanes of at least 4 members (excludes halogenated alkanes) is 49. The molecule has 0 aliphatic rings. The lowest BCUT2D eigenvalue weighted by Crippen LogP contribution is -2.45. The monoisotopic (exact) mass is 1110 g/mol. The van der Waals surface area contributed by atoms with Crippen LogP contribution in [-0.4, -0.2) is 47.4 Å². The van der Waals surface area contributed by atoms with Gasteiger partial charge in [0.2, 0.25) is 5.91 Å². The van der Waals surface area contributed by atoms with Crippen LogP contribution < -0.4 is 5.32 Å². The quantitative estimate of drug-likeness (QED) is 0.0320. The third-order valence-corrected chi connectivity index (χ3v) is 16.3. The summed E-state index contributed by atoms with van der Waals surface area (Å²) in [5.41, 5.74) is 0. The number of aliphatic hydroxyl groups is 2. The molecule has 0 aliphatic carbocycles. The summed E-state index contributed by atoms with van der Waals surface area (Å²) in [7, 11) is 0. The minimum absolute atomic E-state index is 0.00835. The Labute approximate surface area is 493 Å². The molecule has 0 aliphatic heterocycles. The zero-order valence-electron chi connectivity index (χ0n) is 53.1. The van der Waals surface area contributed by atoms with Gasteiger partial charge >= 0.3 is 5.97 Å². The first-order chi connectivity index (χ1) is 39.0. The molecule has 2 atom stereocenters. The number of esters is 1. The Bertz CT molecular complexity index is 1320. The van der Waals surface area contributed by atoms with Gasteiger partial charge in [0.1, 0.15) is 0 Å². The van der Waals surface area contributed by atoms with Crippen LogP contribution >= 0.6 is 0 Å². The van der Waals surface area contributed by atoms with Crippen LogP contribution in [0.3, 0.4) is 0 Å². The standard InChI is InChI=1S/C73H137NO5/c1-3-5-7-9-11-13-15-42-45-49-53-57-61-65-71(76)70(69-75)74-72(77)66-62-58-54-50-46-43-40-38-36-34-32-30-28-26-24-22-20-18-17-19-21-23-25-27-29-31-33-35-37-39-41-44-48-52-56-60-64-68-79-73(78)67-63-59-55-51-47-16-14-12-10-8-6-4-2/h12,14,17,19,23,25,61,65,70-71,75-76H,3-11,13,15-16,18,20-22,24,26-60,62-64,66-69H2,1-2H3,(H,74,77)/b14-12-,19-17-,25-23-,65-61+. The number of carbonyl (C=O) groups is 2. The first kappa shape index (κ1) is 76.8. The molecule has 0 spiro atoms. The van der Waals surface area contributed by atoms with E-state index in [9.17, 15) is 19.8 Å². The van der Waals surface area contributed by atoms with E-state index in [2.05, 4.69) is 55.6 Å². The van der Waals surface area contributed by atoms with Crippen molar-refractivity contribution in [2.45, 2.75) is 392 Å². The molecular weight excluding hydrogens is 971 g/mol. The van der Waals surface area contributed by atoms with E-state index in [1.54, 1.807) is 6.08 Å². The summed E-state index contributed by atoms with van der Waals surface area (Å²) in [4.78, 5) is 24.5. The van der Waals surface area contributed by atoms with E-state index < -0.39 is 12.1 Å². The van der Waals surface area contributed by atoms with Crippen LogP contribution in [-0.2, 0) is 14.3 Å². The van der Waals surface area contributed by atoms with Gasteiger partial charge in [-0.3, -0.25) is 9.59 Å². The maximum atomic E-state index is 12.5. The van der Waals surface area contributed by atoms with Crippen molar-refractivity contribution in [2.24, 2.45) is 0 Å². The Morgan fingerprint density at radius 1 is 0.354 bits per heavy atom. The van der Waals surface area contributed by atoms with Gasteiger partial charge < -0.3 is 20.3 Å². The van der Waals surface area contributed by atoms with Gasteiger partial charge in [0, 0.05) is 12.8 Å². The first-order valence-corrected chi connectivity index (χ1v) is 35.4. The van der Waals surface area contributed by atoms with E-state index >= 15 is 0 Å². The lowest BCUT2D eigenvalue weighted by Gasteiger charge is -2.20. The minimum atomic E-state index is -0.842. The Hall–Kier alpha value is -2.18. The Kier molecular flexibility index (Phi) is 66.4. The molecule has 0 radical (unpaired) electrons. The van der Waals surface area contributed by atoms with Crippen LogP contribution in [0.4, 0.5) is 0 Å². The van der Waals surface area contributed by atoms with Gasteiger partial charge in [-0.25, -0.2) is 0 Å². The highest BCUT2D eigenvalue weighted by atomic mass is 16.5. The number of carbonyl (C=O) groups excluding carboxylic acids is 2. The van der Waals surface area contributed by atoms with Crippen LogP contribution in [0.1, 0.15) is 380 Å². The summed E-state index contributed by atoms with van der Waals surface area (Å²) in [6.45, 7) is 4.89. The summed E-state index contributed by atoms with van der Waals surface area (Å²) in [5, 5.41) is 23.1. The van der Waals surface area contributed by atoms with E-state index in [0.717, 1.165) is 51.4 Å². The summed E-state index contributed by atoms with van der Waals surface area (Å²) in [6, 6.07) is -0.625. The molecule has 0 aromatic heterocycles. The summed E-state index contributed by atoms with van der Waals surface area (Å²) >= 11 is 0. The van der Waals surface area contributed by atoms with E-state index in [4.69, 9.17) is 4.74 Å². The normalized spacial score (nSPS) is 12.8. The van der Waals surface area contributed by atoms with Crippen LogP contribution in [0.5, 0.6) is 0 Å². The van der Waals surface area contributed by atoms with Crippen LogP contribution in [0.25, 0.3) is 0 Å². The fraction of sp³-hybridized carbons (Fsp3) is 0.863. The van der Waals surface area contributed by atoms with Gasteiger partial charge in [0.25, 0.3) is 0 Å². The van der Waals surface area contributed by atoms with Crippen LogP contribution in [0.2, 0.25) is 0 Å². The van der Waals surface area contributed by atoms with E-state index in [1.807, 2.05) is 6.08 Å². The lowest BCUT2D eigenvalue weighted by atomic mass is 10.0. The van der Waals surface area contributed by atoms with Crippen molar-refractivity contribution in [1.29, 1.82) is 0 Å². The second-order valence-corrected chi connectivity index (χ2v) is 24.2. The van der Waals surface area contributed by atoms with Crippen molar-refractivity contribution in [3.63, 3.8) is 0 Å². The second kappa shape index (κ2) is 68.3. The molecule has 0 heterocycles. The highest BCUT2D eigenvalue weighted by Gasteiger charge is 2.18. The topological polar surface area (TPSA) is 95.9 Å². The Balaban J connectivity index is 3.37. The molecule has 79 heavy (non-hydrogen) atoms. The third-order valence-electron chi connectivity index (χ3n) is 16.3. The zero-order valence-corrected chi connectivity index (χ0v) is 53.1. The number of amides is 1. The molecule has 464 valence electrons. The number of rotatable bonds is 66. The highest BCUT2D eigenvalue weighted by molar-refractivity contribution is 5.76. The number of nitrogens with one attached hydrogen (secondary N) is 1. The molecule has 2 unspecified atom stereocenters. The number of aliphatic hydroxyl groups excluding tert-OH is 2. The molecule has 0 saturated heterocycles. The molecule has 0 rings (SSSR count). The van der Waals surface area contributed by atoms with Crippen molar-refractivity contribution >= 4 is 11.9 Å². The van der Waals surface area contributed by atoms with Crippen molar-refractivity contribution in [3.05, 3.63) is 48.6 Å². The first-order valence-electron chi connectivity index (χ1n) is 35.4. The second-order valence-electron chi connectivity index (χ2n) is 24.2. The average molecular weight is 1110 g/mol. The molecule has 6 nitrogen and oxygen atoms in total. The third kappa shape index (κ3) is 64.8. The van der Waals surface area contributed by atoms with Gasteiger partial charge in [-0.05, 0) is 89.9 Å². The zero-order chi connectivity index (χ0) is 57.1. The number of hydrogen-bond donors (Lipinski definition) is 3. The average Bonchev–Trinajstić information content (AvgIpc) is 3.45. The number of hydrogen-bond acceptors (Lipinski definition) is 5. The van der Waals surface area contributed by atoms with E-state index in [-0.39, 0.29) is 18.5 Å². The Morgan fingerprint density at radius 2 is 0.633 bits per heavy atom. The SMILES string of the molecule is CCCCC/C=C\CCCCCCCC(=O)OCCCCCCCCCCCCCCC/C=C\C/C=C\CCCCCCCCCCCCCCCCCCCC(=O)NC(CO)C(O)/C=C/CCCCCCCCCCCCC. The number of ether oxygens (including phenoxy) is 1. The summed E-state index contributed by atoms with van der Waals surface area (Å²) < 4.78 is 5.47. The van der Waals surface area contributed by atoms with Crippen molar-refractivity contribution in [1.82, 2.24) is 5.32 Å². The van der Waals surface area contributed by atoms with Crippen molar-refractivity contribution in [3.8, 4) is 0 Å². The predicted octanol–water partition coefficient (Wildman–Crippen LogP) is 22.9. The fourth-order valence-corrected chi connectivity index (χ4v) is 10.9. The van der Waals surface area contributed by atoms with Gasteiger partial charge in [-0.1, -0.05) is 326 Å². The molecule has 0 aromatic rings. The lowest BCUT2D eigenvalue weighted by molar-refractivity contribution is -0.143. The largest absolute Gasteiger partial charge is 0.466 e. The predicted molar refractivity (Wildman–Crippen MR) is 347 cm³/mol. The molecule has 0 fully saturated rings. The summed E-state index contributed by atoms with van der Waals surface area (Å²) in [6.07, 6.45) is 89.2. The molecule has 6 heteroatoms. The number of allylic oxidation sites excluding steroid dienone is 7. The van der Waals surface area contributed by atoms with E-state index in [0.29, 0.717) is 19.4 Å². The molecule has 0 aromatic carbocycles. The van der Waals surface area contributed by atoms with Gasteiger partial charge in [-0.2, -0.15) is 0 Å². The highest BCUT2D eigenvalue weighted by Crippen LogP contribution is 2.18. The van der Waals surface area contributed by atoms with Crippen molar-refractivity contribution in [2.75, 3.05) is 13.2 Å². The molecule has 0 bridgehead atoms. The molecule has 0 saturated carbocycles. The Morgan fingerprint density at radius 3 is 1.00 bits per heavy atom. The van der Waals surface area contributed by atoms with Gasteiger partial charge in [0.15, 0.2) is 0 Å². The molecule has 1 amide bonds. The van der Waals surface area contributed by atoms with Crippen LogP contribution in [0, 0.1) is 0 Å². The summed E-state index contributed by atoms with van der Waals surface area (Å²) in [5.74, 6) is -0.0560. The molecule has 3 N–H and O–H groups in total. The van der Waals surface area contributed by atoms with Gasteiger partial charge in [0.05, 0.1) is 25.4 Å². The smallest absolute Gasteiger partial charge is 0.305 e. The van der Waals surface area contributed by atoms with Gasteiger partial charge in [-0.15, -0.1) is 0 Å². The fourth-order valence-electron chi connectivity index (χ4n) is 10.9. The minimum Gasteiger partial charge on any atom is -0.466 e. The maximum Gasteiger partial charge on any atom is 0.305 e. The van der Waals surface area contributed by atoms with Crippen LogP contribution in [0.15, 0.2) is 48.6 Å². The van der Waals surface area contributed by atoms with Crippen molar-refractivity contribution < 1.29 is 24.5 Å². The molecular formula is C73H137NO5. The van der Waals surface area contributed by atoms with E-state index in [1.165, 1.54) is 302 Å².